The molecule has 0 bridgehead atoms. The minimum Gasteiger partial charge on any atom is -0.321 e. The van der Waals surface area contributed by atoms with E-state index < -0.39 is 0 Å². The van der Waals surface area contributed by atoms with Gasteiger partial charge in [-0.3, -0.25) is 0 Å². The minimum absolute atomic E-state index is 0.0111. The number of rotatable bonds is 8. The fourth-order valence-electron chi connectivity index (χ4n) is 7.84. The van der Waals surface area contributed by atoms with Crippen LogP contribution in [-0.2, 0) is 0 Å². The molecule has 1 atom stereocenters. The second-order valence-electron chi connectivity index (χ2n) is 13.9. The zero-order valence-corrected chi connectivity index (χ0v) is 30.4. The molecule has 54 heavy (non-hydrogen) atoms. The van der Waals surface area contributed by atoms with E-state index in [0.717, 1.165) is 17.1 Å². The Labute approximate surface area is 321 Å². The first-order valence-corrected chi connectivity index (χ1v) is 18.9. The summed E-state index contributed by atoms with van der Waals surface area (Å²) in [6, 6.07) is 74.2. The van der Waals surface area contributed by atoms with Crippen molar-refractivity contribution in [2.24, 2.45) is 0 Å². The van der Waals surface area contributed by atoms with Crippen molar-refractivity contribution in [1.29, 1.82) is 0 Å². The lowest BCUT2D eigenvalue weighted by atomic mass is 9.97. The van der Waals surface area contributed by atoms with E-state index in [-0.39, 0.29) is 5.37 Å². The first kappa shape index (κ1) is 32.1. The molecule has 0 aliphatic carbocycles. The molecule has 1 unspecified atom stereocenters. The number of hydrogen-bond donors (Lipinski definition) is 1. The van der Waals surface area contributed by atoms with Crippen LogP contribution in [0.25, 0.3) is 54.9 Å². The minimum atomic E-state index is -0.0111. The van der Waals surface area contributed by atoms with Crippen LogP contribution >= 0.6 is 12.6 Å². The monoisotopic (exact) mass is 708 g/mol. The zero-order chi connectivity index (χ0) is 36.0. The van der Waals surface area contributed by atoms with Crippen molar-refractivity contribution in [2.45, 2.75) is 5.37 Å². The van der Waals surface area contributed by atoms with Gasteiger partial charge in [-0.25, -0.2) is 0 Å². The molecule has 0 aromatic heterocycles. The van der Waals surface area contributed by atoms with Gasteiger partial charge in [-0.05, 0) is 104 Å². The molecule has 9 aromatic rings. The summed E-state index contributed by atoms with van der Waals surface area (Å²) < 4.78 is 0. The molecule has 0 saturated heterocycles. The highest BCUT2D eigenvalue weighted by atomic mass is 32.1. The van der Waals surface area contributed by atoms with E-state index in [0.29, 0.717) is 0 Å². The van der Waals surface area contributed by atoms with Crippen LogP contribution in [0.2, 0.25) is 0 Å². The second kappa shape index (κ2) is 13.5. The van der Waals surface area contributed by atoms with Gasteiger partial charge in [-0.2, -0.15) is 0 Å². The second-order valence-corrected chi connectivity index (χ2v) is 14.4. The largest absolute Gasteiger partial charge is 0.321 e. The van der Waals surface area contributed by atoms with Gasteiger partial charge >= 0.3 is 0 Å². The first-order chi connectivity index (χ1) is 26.7. The molecule has 1 heterocycles. The van der Waals surface area contributed by atoms with Gasteiger partial charge < -0.3 is 9.80 Å². The van der Waals surface area contributed by atoms with E-state index in [2.05, 4.69) is 216 Å². The van der Waals surface area contributed by atoms with Crippen molar-refractivity contribution in [1.82, 2.24) is 0 Å². The van der Waals surface area contributed by atoms with Crippen LogP contribution in [0.3, 0.4) is 0 Å². The maximum Gasteiger partial charge on any atom is 0.103 e. The summed E-state index contributed by atoms with van der Waals surface area (Å²) in [6.07, 6.45) is 0. The first-order valence-electron chi connectivity index (χ1n) is 18.4. The lowest BCUT2D eigenvalue weighted by molar-refractivity contribution is 1.04. The van der Waals surface area contributed by atoms with Crippen molar-refractivity contribution in [3.05, 3.63) is 212 Å². The summed E-state index contributed by atoms with van der Waals surface area (Å²) in [5.41, 5.74) is 14.3. The molecule has 10 rings (SSSR count). The summed E-state index contributed by atoms with van der Waals surface area (Å²) in [5, 5.41) is 5.04. The molecule has 0 saturated carbocycles. The lowest BCUT2D eigenvalue weighted by Crippen LogP contribution is -2.09. The van der Waals surface area contributed by atoms with Crippen molar-refractivity contribution in [3.8, 4) is 33.4 Å². The Balaban J connectivity index is 0.987. The number of thiol groups is 1. The van der Waals surface area contributed by atoms with E-state index in [1.54, 1.807) is 0 Å². The molecule has 0 N–H and O–H groups in total. The predicted octanol–water partition coefficient (Wildman–Crippen LogP) is 14.5. The highest BCUT2D eigenvalue weighted by Crippen LogP contribution is 2.59. The number of hydrogen-bond acceptors (Lipinski definition) is 3. The van der Waals surface area contributed by atoms with E-state index >= 15 is 0 Å². The predicted molar refractivity (Wildman–Crippen MR) is 233 cm³/mol. The van der Waals surface area contributed by atoms with Gasteiger partial charge in [0.25, 0.3) is 0 Å². The number of nitrogens with zero attached hydrogens (tertiary/aromatic N) is 2. The van der Waals surface area contributed by atoms with Gasteiger partial charge in [0, 0.05) is 22.4 Å². The van der Waals surface area contributed by atoms with Crippen LogP contribution < -0.4 is 9.80 Å². The van der Waals surface area contributed by atoms with Crippen LogP contribution in [0.5, 0.6) is 0 Å². The van der Waals surface area contributed by atoms with E-state index in [4.69, 9.17) is 12.6 Å². The third kappa shape index (κ3) is 5.80. The van der Waals surface area contributed by atoms with Gasteiger partial charge in [-0.1, -0.05) is 158 Å². The maximum atomic E-state index is 5.04. The fourth-order valence-corrected chi connectivity index (χ4v) is 8.25. The summed E-state index contributed by atoms with van der Waals surface area (Å²) in [7, 11) is 0. The molecule has 0 spiro atoms. The molecular weight excluding hydrogens is 673 g/mol. The molecule has 1 aliphatic rings. The number of anilines is 5. The van der Waals surface area contributed by atoms with Crippen molar-refractivity contribution < 1.29 is 0 Å². The maximum absolute atomic E-state index is 5.04. The fraction of sp³-hybridized carbons (Fsp3) is 0.0196. The summed E-state index contributed by atoms with van der Waals surface area (Å²) in [6.45, 7) is 0. The van der Waals surface area contributed by atoms with Crippen LogP contribution in [-0.4, -0.2) is 0 Å². The SMILES string of the molecule is SC(c1ccccc1)N1c2ccc3ccc4cc(-c5ccc(N(c6ccc(-c7ccccc7)cc6)c6ccc(-c7ccccc7)cc6)cc5)ccc4c3c21. The number of fused-ring (bicyclic) bond motifs is 5. The van der Waals surface area contributed by atoms with Crippen molar-refractivity contribution in [3.63, 3.8) is 0 Å². The lowest BCUT2D eigenvalue weighted by Gasteiger charge is -2.26. The van der Waals surface area contributed by atoms with Gasteiger partial charge in [0.1, 0.15) is 5.37 Å². The Hall–Kier alpha value is -6.55. The van der Waals surface area contributed by atoms with Crippen LogP contribution in [0.15, 0.2) is 206 Å². The molecular formula is C51H36N2S. The summed E-state index contributed by atoms with van der Waals surface area (Å²) in [4.78, 5) is 4.69. The average molecular weight is 709 g/mol. The molecule has 9 aromatic carbocycles. The standard InChI is InChI=1S/C51H36N2S/c54-51(41-14-8-3-9-15-41)53-48-33-25-40-16-17-43-34-42(24-32-47(43)49(40)50(48)53)39-22-30-46(31-23-39)52(44-26-18-37(19-27-44)35-10-4-1-5-11-35)45-28-20-38(21-29-45)36-12-6-2-7-13-36/h1-34,51,54H. The highest BCUT2D eigenvalue weighted by Gasteiger charge is 2.37. The molecule has 2 nitrogen and oxygen atoms in total. The van der Waals surface area contributed by atoms with Gasteiger partial charge in [0.05, 0.1) is 11.4 Å². The Kier molecular flexibility index (Phi) is 8.00. The Bertz CT molecular complexity index is 2660. The van der Waals surface area contributed by atoms with Gasteiger partial charge in [-0.15, -0.1) is 12.6 Å². The van der Waals surface area contributed by atoms with Crippen molar-refractivity contribution in [2.75, 3.05) is 9.80 Å². The van der Waals surface area contributed by atoms with Crippen molar-refractivity contribution >= 4 is 62.6 Å². The quantitative estimate of drug-likeness (QED) is 0.0953. The van der Waals surface area contributed by atoms with E-state index in [1.165, 1.54) is 71.9 Å². The average Bonchev–Trinajstić information content (AvgIpc) is 4.00. The highest BCUT2D eigenvalue weighted by molar-refractivity contribution is 7.80. The number of benzene rings is 9. The van der Waals surface area contributed by atoms with E-state index in [9.17, 15) is 0 Å². The Morgan fingerprint density at radius 2 is 0.815 bits per heavy atom. The molecule has 256 valence electrons. The van der Waals surface area contributed by atoms with E-state index in [1.807, 2.05) is 0 Å². The Morgan fingerprint density at radius 3 is 1.35 bits per heavy atom. The zero-order valence-electron chi connectivity index (χ0n) is 29.5. The van der Waals surface area contributed by atoms with Crippen LogP contribution in [0.4, 0.5) is 28.4 Å². The molecule has 3 heteroatoms. The summed E-state index contributed by atoms with van der Waals surface area (Å²) >= 11 is 5.04. The third-order valence-electron chi connectivity index (χ3n) is 10.7. The third-order valence-corrected chi connectivity index (χ3v) is 11.2. The Morgan fingerprint density at radius 1 is 0.389 bits per heavy atom. The molecule has 1 aliphatic heterocycles. The topological polar surface area (TPSA) is 6.25 Å². The van der Waals surface area contributed by atoms with Gasteiger partial charge in [0.2, 0.25) is 0 Å². The van der Waals surface area contributed by atoms with Crippen LogP contribution in [0, 0.1) is 0 Å². The smallest absolute Gasteiger partial charge is 0.103 e. The molecule has 0 amide bonds. The summed E-state index contributed by atoms with van der Waals surface area (Å²) in [5.74, 6) is 0. The molecule has 0 fully saturated rings. The van der Waals surface area contributed by atoms with Gasteiger partial charge in [0.15, 0.2) is 0 Å². The molecule has 0 radical (unpaired) electrons. The normalized spacial score (nSPS) is 12.4. The van der Waals surface area contributed by atoms with Crippen LogP contribution in [0.1, 0.15) is 10.9 Å².